The summed E-state index contributed by atoms with van der Waals surface area (Å²) in [4.78, 5) is 36.3. The minimum Gasteiger partial charge on any atom is -0.463 e. The standard InChI is InChI=1S/C23H34O5/c1-13(24)27-16-7-9-22(3)15(11-16)12-19(26)21-17-5-6-20(28-14(2)25)23(17,4)10-8-18(21)22/h15-18,20-21H,5-12H2,1-4H3/t15-,16+,17-,18-,20-,21-,22+,23-/m1/s1. The van der Waals surface area contributed by atoms with Crippen LogP contribution in [0.4, 0.5) is 0 Å². The molecular weight excluding hydrogens is 356 g/mol. The minimum atomic E-state index is -0.218. The SMILES string of the molecule is CC(=O)O[C@H]1CC[C@@]2(C)[C@@H](CC(=O)[C@H]3[C@H]2CC[C@]2(C)[C@@H]3CC[C@H]2OC(C)=O)C1. The summed E-state index contributed by atoms with van der Waals surface area (Å²) in [7, 11) is 0. The smallest absolute Gasteiger partial charge is 0.302 e. The van der Waals surface area contributed by atoms with E-state index in [2.05, 4.69) is 13.8 Å². The molecule has 0 aromatic carbocycles. The number of hydrogen-bond acceptors (Lipinski definition) is 5. The van der Waals surface area contributed by atoms with E-state index >= 15 is 0 Å². The van der Waals surface area contributed by atoms with Gasteiger partial charge in [0.05, 0.1) is 0 Å². The van der Waals surface area contributed by atoms with Crippen molar-refractivity contribution in [3.05, 3.63) is 0 Å². The molecule has 0 aromatic heterocycles. The fraction of sp³-hybridized carbons (Fsp3) is 0.870. The van der Waals surface area contributed by atoms with Crippen LogP contribution >= 0.6 is 0 Å². The van der Waals surface area contributed by atoms with Gasteiger partial charge in [0.2, 0.25) is 0 Å². The number of ketones is 1. The van der Waals surface area contributed by atoms with Crippen LogP contribution in [0.1, 0.15) is 79.1 Å². The van der Waals surface area contributed by atoms with Crippen molar-refractivity contribution in [2.75, 3.05) is 0 Å². The lowest BCUT2D eigenvalue weighted by Crippen LogP contribution is -2.58. The Balaban J connectivity index is 1.57. The summed E-state index contributed by atoms with van der Waals surface area (Å²) < 4.78 is 11.2. The molecule has 0 bridgehead atoms. The first kappa shape index (κ1) is 19.9. The fourth-order valence-corrected chi connectivity index (χ4v) is 7.58. The number of ether oxygens (including phenoxy) is 2. The Hall–Kier alpha value is -1.39. The van der Waals surface area contributed by atoms with Crippen molar-refractivity contribution < 1.29 is 23.9 Å². The van der Waals surface area contributed by atoms with Crippen LogP contribution in [0.5, 0.6) is 0 Å². The molecule has 0 heterocycles. The van der Waals surface area contributed by atoms with Crippen LogP contribution in [0.2, 0.25) is 0 Å². The summed E-state index contributed by atoms with van der Waals surface area (Å²) in [6.45, 7) is 7.58. The third kappa shape index (κ3) is 3.00. The zero-order valence-electron chi connectivity index (χ0n) is 17.7. The Bertz CT molecular complexity index is 686. The Kier molecular flexibility index (Phi) is 4.86. The molecule has 4 fully saturated rings. The van der Waals surface area contributed by atoms with E-state index in [-0.39, 0.29) is 40.9 Å². The number of carbonyl (C=O) groups is 3. The molecule has 0 amide bonds. The van der Waals surface area contributed by atoms with Crippen molar-refractivity contribution in [3.63, 3.8) is 0 Å². The van der Waals surface area contributed by atoms with Crippen molar-refractivity contribution in [1.82, 2.24) is 0 Å². The van der Waals surface area contributed by atoms with Crippen molar-refractivity contribution in [3.8, 4) is 0 Å². The second-order valence-corrected chi connectivity index (χ2v) is 10.3. The number of esters is 2. The second-order valence-electron chi connectivity index (χ2n) is 10.3. The molecule has 28 heavy (non-hydrogen) atoms. The van der Waals surface area contributed by atoms with Crippen LogP contribution in [0.15, 0.2) is 0 Å². The van der Waals surface area contributed by atoms with Crippen molar-refractivity contribution in [2.24, 2.45) is 34.5 Å². The molecule has 0 N–H and O–H groups in total. The van der Waals surface area contributed by atoms with Gasteiger partial charge in [-0.25, -0.2) is 0 Å². The van der Waals surface area contributed by atoms with Crippen molar-refractivity contribution >= 4 is 17.7 Å². The third-order valence-electron chi connectivity index (χ3n) is 8.98. The summed E-state index contributed by atoms with van der Waals surface area (Å²) in [6, 6.07) is 0. The minimum absolute atomic E-state index is 0.0337. The molecule has 0 unspecified atom stereocenters. The maximum absolute atomic E-state index is 13.4. The average molecular weight is 391 g/mol. The van der Waals surface area contributed by atoms with E-state index in [0.717, 1.165) is 44.9 Å². The zero-order chi connectivity index (χ0) is 20.3. The van der Waals surface area contributed by atoms with Crippen molar-refractivity contribution in [1.29, 1.82) is 0 Å². The Labute approximate surface area is 167 Å². The molecular formula is C23H34O5. The zero-order valence-corrected chi connectivity index (χ0v) is 17.7. The molecule has 8 atom stereocenters. The lowest BCUT2D eigenvalue weighted by molar-refractivity contribution is -0.173. The Morgan fingerprint density at radius 2 is 1.54 bits per heavy atom. The van der Waals surface area contributed by atoms with Gasteiger partial charge in [-0.2, -0.15) is 0 Å². The lowest BCUT2D eigenvalue weighted by Gasteiger charge is -2.59. The maximum atomic E-state index is 13.4. The highest BCUT2D eigenvalue weighted by Crippen LogP contribution is 2.65. The van der Waals surface area contributed by atoms with E-state index in [1.54, 1.807) is 0 Å². The van der Waals surface area contributed by atoms with Gasteiger partial charge in [0.1, 0.15) is 18.0 Å². The van der Waals surface area contributed by atoms with Crippen LogP contribution < -0.4 is 0 Å². The van der Waals surface area contributed by atoms with E-state index in [4.69, 9.17) is 9.47 Å². The van der Waals surface area contributed by atoms with E-state index in [0.29, 0.717) is 30.0 Å². The van der Waals surface area contributed by atoms with Gasteiger partial charge in [0.15, 0.2) is 0 Å². The monoisotopic (exact) mass is 390 g/mol. The van der Waals surface area contributed by atoms with Crippen LogP contribution in [-0.4, -0.2) is 29.9 Å². The molecule has 0 aliphatic heterocycles. The first-order valence-corrected chi connectivity index (χ1v) is 11.0. The average Bonchev–Trinajstić information content (AvgIpc) is 2.92. The van der Waals surface area contributed by atoms with Gasteiger partial charge in [-0.3, -0.25) is 14.4 Å². The van der Waals surface area contributed by atoms with E-state index in [1.807, 2.05) is 0 Å². The van der Waals surface area contributed by atoms with Crippen LogP contribution in [0.25, 0.3) is 0 Å². The van der Waals surface area contributed by atoms with Crippen LogP contribution in [-0.2, 0) is 23.9 Å². The second kappa shape index (κ2) is 6.84. The summed E-state index contributed by atoms with van der Waals surface area (Å²) in [5.74, 6) is 1.12. The van der Waals surface area contributed by atoms with Gasteiger partial charge >= 0.3 is 11.9 Å². The highest BCUT2D eigenvalue weighted by Gasteiger charge is 2.63. The quantitative estimate of drug-likeness (QED) is 0.665. The Morgan fingerprint density at radius 1 is 0.893 bits per heavy atom. The summed E-state index contributed by atoms with van der Waals surface area (Å²) in [5, 5.41) is 0. The Morgan fingerprint density at radius 3 is 2.21 bits per heavy atom. The van der Waals surface area contributed by atoms with Gasteiger partial charge in [-0.1, -0.05) is 13.8 Å². The summed E-state index contributed by atoms with van der Waals surface area (Å²) in [5.41, 5.74) is 0.0801. The summed E-state index contributed by atoms with van der Waals surface area (Å²) >= 11 is 0. The molecule has 156 valence electrons. The van der Waals surface area contributed by atoms with Crippen LogP contribution in [0, 0.1) is 34.5 Å². The fourth-order valence-electron chi connectivity index (χ4n) is 7.58. The van der Waals surface area contributed by atoms with Gasteiger partial charge in [0.25, 0.3) is 0 Å². The molecule has 0 radical (unpaired) electrons. The van der Waals surface area contributed by atoms with Gasteiger partial charge < -0.3 is 9.47 Å². The number of Topliss-reactive ketones (excluding diaryl/α,β-unsaturated/α-hetero) is 1. The van der Waals surface area contributed by atoms with Gasteiger partial charge in [-0.05, 0) is 68.1 Å². The molecule has 4 rings (SSSR count). The van der Waals surface area contributed by atoms with E-state index in [9.17, 15) is 14.4 Å². The number of fused-ring (bicyclic) bond motifs is 5. The lowest BCUT2D eigenvalue weighted by atomic mass is 9.45. The number of carbonyl (C=O) groups excluding carboxylic acids is 3. The molecule has 4 aliphatic rings. The molecule has 5 heteroatoms. The highest BCUT2D eigenvalue weighted by atomic mass is 16.5. The van der Waals surface area contributed by atoms with E-state index < -0.39 is 0 Å². The molecule has 4 saturated carbocycles. The van der Waals surface area contributed by atoms with Crippen molar-refractivity contribution in [2.45, 2.75) is 91.3 Å². The first-order chi connectivity index (χ1) is 13.1. The first-order valence-electron chi connectivity index (χ1n) is 11.0. The normalized spacial score (nSPS) is 47.5. The maximum Gasteiger partial charge on any atom is 0.302 e. The van der Waals surface area contributed by atoms with Crippen LogP contribution in [0.3, 0.4) is 0 Å². The molecule has 0 saturated heterocycles. The van der Waals surface area contributed by atoms with Gasteiger partial charge in [-0.15, -0.1) is 0 Å². The van der Waals surface area contributed by atoms with E-state index in [1.165, 1.54) is 13.8 Å². The predicted molar refractivity (Wildman–Crippen MR) is 103 cm³/mol. The molecule has 0 aromatic rings. The number of rotatable bonds is 2. The number of hydrogen-bond donors (Lipinski definition) is 0. The highest BCUT2D eigenvalue weighted by molar-refractivity contribution is 5.83. The third-order valence-corrected chi connectivity index (χ3v) is 8.98. The molecule has 0 spiro atoms. The molecule has 4 aliphatic carbocycles. The van der Waals surface area contributed by atoms with Gasteiger partial charge in [0, 0.05) is 31.6 Å². The summed E-state index contributed by atoms with van der Waals surface area (Å²) in [6.07, 6.45) is 7.21. The molecule has 5 nitrogen and oxygen atoms in total. The predicted octanol–water partition coefficient (Wildman–Crippen LogP) is 4.07. The largest absolute Gasteiger partial charge is 0.463 e. The topological polar surface area (TPSA) is 69.7 Å².